The second kappa shape index (κ2) is 64.4. The predicted octanol–water partition coefficient (Wildman–Crippen LogP) is 19.4. The summed E-state index contributed by atoms with van der Waals surface area (Å²) in [5.74, 6) is -0.167. The van der Waals surface area contributed by atoms with Crippen LogP contribution >= 0.6 is 0 Å². The minimum absolute atomic E-state index is 0.0111. The van der Waals surface area contributed by atoms with Crippen LogP contribution in [-0.2, 0) is 23.8 Å². The number of unbranched alkanes of at least 4 members (excludes halogenated alkanes) is 48. The fourth-order valence-corrected chi connectivity index (χ4v) is 11.9. The van der Waals surface area contributed by atoms with Gasteiger partial charge < -0.3 is 45.1 Å². The summed E-state index contributed by atoms with van der Waals surface area (Å²) in [5, 5.41) is 54.4. The van der Waals surface area contributed by atoms with E-state index in [0.29, 0.717) is 19.4 Å². The second-order valence-electron chi connectivity index (χ2n) is 26.0. The highest BCUT2D eigenvalue weighted by atomic mass is 16.7. The summed E-state index contributed by atoms with van der Waals surface area (Å²) < 4.78 is 16.7. The molecule has 1 aliphatic heterocycles. The summed E-state index contributed by atoms with van der Waals surface area (Å²) in [7, 11) is 0. The van der Waals surface area contributed by atoms with Gasteiger partial charge in [-0.3, -0.25) is 9.59 Å². The highest BCUT2D eigenvalue weighted by Gasteiger charge is 2.44. The number of amides is 1. The highest BCUT2D eigenvalue weighted by Crippen LogP contribution is 2.23. The molecule has 86 heavy (non-hydrogen) atoms. The maximum atomic E-state index is 13.1. The molecule has 0 saturated carbocycles. The summed E-state index contributed by atoms with van der Waals surface area (Å²) in [6.45, 7) is 4.37. The third kappa shape index (κ3) is 52.6. The van der Waals surface area contributed by atoms with Crippen LogP contribution in [-0.4, -0.2) is 100 Å². The Hall–Kier alpha value is -2.12. The molecule has 0 bridgehead atoms. The minimum Gasteiger partial charge on any atom is -0.466 e. The van der Waals surface area contributed by atoms with E-state index in [9.17, 15) is 35.1 Å². The van der Waals surface area contributed by atoms with Crippen molar-refractivity contribution in [2.75, 3.05) is 19.8 Å². The van der Waals surface area contributed by atoms with Crippen molar-refractivity contribution >= 4 is 11.9 Å². The van der Waals surface area contributed by atoms with Crippen LogP contribution in [0.1, 0.15) is 367 Å². The molecule has 1 fully saturated rings. The number of aliphatic hydroxyl groups is 5. The predicted molar refractivity (Wildman–Crippen MR) is 361 cm³/mol. The van der Waals surface area contributed by atoms with Crippen LogP contribution in [0.3, 0.4) is 0 Å². The number of ether oxygens (including phenoxy) is 3. The summed E-state index contributed by atoms with van der Waals surface area (Å²) >= 11 is 0. The van der Waals surface area contributed by atoms with Gasteiger partial charge in [-0.25, -0.2) is 0 Å². The first-order valence-electron chi connectivity index (χ1n) is 37.3. The highest BCUT2D eigenvalue weighted by molar-refractivity contribution is 5.76. The summed E-state index contributed by atoms with van der Waals surface area (Å²) in [6.07, 6.45) is 73.0. The first-order chi connectivity index (χ1) is 42.2. The molecule has 0 aliphatic carbocycles. The van der Waals surface area contributed by atoms with Crippen molar-refractivity contribution in [2.24, 2.45) is 0 Å². The number of aliphatic hydroxyl groups excluding tert-OH is 5. The number of nitrogens with one attached hydrogen (secondary N) is 1. The van der Waals surface area contributed by atoms with Gasteiger partial charge in [0, 0.05) is 12.8 Å². The van der Waals surface area contributed by atoms with Crippen molar-refractivity contribution in [1.82, 2.24) is 5.32 Å². The van der Waals surface area contributed by atoms with Crippen molar-refractivity contribution in [3.63, 3.8) is 0 Å². The van der Waals surface area contributed by atoms with Crippen molar-refractivity contribution in [2.45, 2.75) is 410 Å². The lowest BCUT2D eigenvalue weighted by molar-refractivity contribution is -0.302. The zero-order valence-electron chi connectivity index (χ0n) is 56.3. The van der Waals surface area contributed by atoms with Gasteiger partial charge >= 0.3 is 5.97 Å². The zero-order valence-corrected chi connectivity index (χ0v) is 56.3. The van der Waals surface area contributed by atoms with E-state index in [1.807, 2.05) is 6.08 Å². The average Bonchev–Trinajstić information content (AvgIpc) is 3.71. The van der Waals surface area contributed by atoms with Gasteiger partial charge in [0.25, 0.3) is 0 Å². The second-order valence-corrected chi connectivity index (χ2v) is 26.0. The van der Waals surface area contributed by atoms with Crippen LogP contribution in [0.15, 0.2) is 36.5 Å². The molecular formula is C75H141NO10. The van der Waals surface area contributed by atoms with Gasteiger partial charge in [0.2, 0.25) is 5.91 Å². The van der Waals surface area contributed by atoms with Gasteiger partial charge in [-0.05, 0) is 64.2 Å². The van der Waals surface area contributed by atoms with Gasteiger partial charge in [0.1, 0.15) is 24.4 Å². The first-order valence-corrected chi connectivity index (χ1v) is 37.3. The third-order valence-corrected chi connectivity index (χ3v) is 17.7. The largest absolute Gasteiger partial charge is 0.466 e. The SMILES string of the molecule is CCCCCCCCCCC/C=C/C(O)C(COC1OC(CO)C(O)C(O)C1O)NC(=O)CCCCCCCCCCCCCCCCCCC/C=C\C/C=C\CCCCCCCCCCCCCOC(=O)CCCCCCCCCCCCCC. The monoisotopic (exact) mass is 1220 g/mol. The molecule has 11 heteroatoms. The molecule has 0 radical (unpaired) electrons. The molecule has 1 amide bonds. The lowest BCUT2D eigenvalue weighted by atomic mass is 9.99. The van der Waals surface area contributed by atoms with Crippen LogP contribution in [0.25, 0.3) is 0 Å². The molecule has 0 aromatic rings. The number of rotatable bonds is 66. The first kappa shape index (κ1) is 81.9. The third-order valence-electron chi connectivity index (χ3n) is 17.7. The molecular weight excluding hydrogens is 1070 g/mol. The normalized spacial score (nSPS) is 18.1. The van der Waals surface area contributed by atoms with E-state index in [-0.39, 0.29) is 18.5 Å². The molecule has 1 saturated heterocycles. The lowest BCUT2D eigenvalue weighted by Crippen LogP contribution is -2.60. The van der Waals surface area contributed by atoms with Crippen LogP contribution in [0, 0.1) is 0 Å². The van der Waals surface area contributed by atoms with Gasteiger partial charge in [0.05, 0.1) is 32.0 Å². The molecule has 7 unspecified atom stereocenters. The molecule has 0 spiro atoms. The number of esters is 1. The van der Waals surface area contributed by atoms with E-state index in [2.05, 4.69) is 43.5 Å². The number of carbonyl (C=O) groups is 2. The van der Waals surface area contributed by atoms with Gasteiger partial charge in [-0.2, -0.15) is 0 Å². The van der Waals surface area contributed by atoms with Crippen LogP contribution < -0.4 is 5.32 Å². The lowest BCUT2D eigenvalue weighted by Gasteiger charge is -2.40. The Bertz CT molecular complexity index is 1520. The number of hydrogen-bond donors (Lipinski definition) is 6. The number of hydrogen-bond acceptors (Lipinski definition) is 10. The average molecular weight is 1220 g/mol. The standard InChI is InChI=1S/C75H141NO10/c1-3-5-7-9-11-13-15-43-47-51-55-59-63-71(80)84-64-60-56-52-48-44-40-38-36-34-32-30-28-26-24-22-20-18-16-17-19-21-23-25-27-29-31-33-35-37-39-42-46-50-54-58-62-70(79)76-67(66-85-75-74(83)73(82)72(81)69(65-77)86-75)68(78)61-57-53-49-45-41-14-12-10-8-6-4-2/h18,20,24,26,57,61,67-69,72-75,77-78,81-83H,3-17,19,21-23,25,27-56,58-60,62-66H2,1-2H3,(H,76,79)/b20-18-,26-24-,61-57+. The molecule has 1 heterocycles. The molecule has 506 valence electrons. The molecule has 6 N–H and O–H groups in total. The quantitative estimate of drug-likeness (QED) is 0.0195. The molecule has 1 rings (SSSR count). The summed E-state index contributed by atoms with van der Waals surface area (Å²) in [6, 6.07) is -0.807. The Morgan fingerprint density at radius 1 is 0.430 bits per heavy atom. The Kier molecular flexibility index (Phi) is 61.3. The Morgan fingerprint density at radius 2 is 0.779 bits per heavy atom. The van der Waals surface area contributed by atoms with Gasteiger partial charge in [-0.15, -0.1) is 0 Å². The van der Waals surface area contributed by atoms with E-state index in [0.717, 1.165) is 57.8 Å². The van der Waals surface area contributed by atoms with E-state index in [1.54, 1.807) is 6.08 Å². The van der Waals surface area contributed by atoms with Crippen LogP contribution in [0.2, 0.25) is 0 Å². The Morgan fingerprint density at radius 3 is 1.17 bits per heavy atom. The molecule has 1 aliphatic rings. The maximum absolute atomic E-state index is 13.1. The van der Waals surface area contributed by atoms with Gasteiger partial charge in [-0.1, -0.05) is 326 Å². The van der Waals surface area contributed by atoms with Gasteiger partial charge in [0.15, 0.2) is 6.29 Å². The number of allylic oxidation sites excluding steroid dienone is 5. The van der Waals surface area contributed by atoms with Crippen LogP contribution in [0.4, 0.5) is 0 Å². The number of carbonyl (C=O) groups excluding carboxylic acids is 2. The summed E-state index contributed by atoms with van der Waals surface area (Å²) in [4.78, 5) is 25.1. The Balaban J connectivity index is 1.92. The zero-order chi connectivity index (χ0) is 62.3. The van der Waals surface area contributed by atoms with E-state index in [4.69, 9.17) is 14.2 Å². The van der Waals surface area contributed by atoms with Crippen molar-refractivity contribution in [3.05, 3.63) is 36.5 Å². The Labute approximate surface area is 530 Å². The minimum atomic E-state index is -1.57. The van der Waals surface area contributed by atoms with Crippen molar-refractivity contribution in [1.29, 1.82) is 0 Å². The molecule has 7 atom stereocenters. The fourth-order valence-electron chi connectivity index (χ4n) is 11.9. The fraction of sp³-hybridized carbons (Fsp3) is 0.893. The van der Waals surface area contributed by atoms with E-state index < -0.39 is 49.5 Å². The van der Waals surface area contributed by atoms with E-state index >= 15 is 0 Å². The topological polar surface area (TPSA) is 175 Å². The molecule has 0 aromatic heterocycles. The van der Waals surface area contributed by atoms with Crippen molar-refractivity contribution in [3.8, 4) is 0 Å². The maximum Gasteiger partial charge on any atom is 0.305 e. The molecule has 0 aromatic carbocycles. The van der Waals surface area contributed by atoms with Crippen LogP contribution in [0.5, 0.6) is 0 Å². The summed E-state index contributed by atoms with van der Waals surface area (Å²) in [5.41, 5.74) is 0. The smallest absolute Gasteiger partial charge is 0.305 e. The molecule has 11 nitrogen and oxygen atoms in total. The van der Waals surface area contributed by atoms with Crippen molar-refractivity contribution < 1.29 is 49.3 Å². The van der Waals surface area contributed by atoms with E-state index in [1.165, 1.54) is 283 Å².